The average molecular weight is 552 g/mol. The van der Waals surface area contributed by atoms with Crippen LogP contribution in [0, 0.1) is 22.7 Å². The molecule has 0 aliphatic rings. The Morgan fingerprint density at radius 1 is 0.595 bits per heavy atom. The van der Waals surface area contributed by atoms with Crippen LogP contribution in [0.5, 0.6) is 0 Å². The number of benzene rings is 4. The Morgan fingerprint density at radius 2 is 1.10 bits per heavy atom. The molecule has 1 aromatic heterocycles. The van der Waals surface area contributed by atoms with Gasteiger partial charge in [-0.05, 0) is 90.5 Å². The highest BCUT2D eigenvalue weighted by atomic mass is 16.4. The summed E-state index contributed by atoms with van der Waals surface area (Å²) in [5, 5.41) is 26.6. The molecule has 0 spiro atoms. The summed E-state index contributed by atoms with van der Waals surface area (Å²) >= 11 is 0. The second-order valence-electron chi connectivity index (χ2n) is 10.0. The van der Waals surface area contributed by atoms with Gasteiger partial charge in [0.2, 0.25) is 11.8 Å². The van der Waals surface area contributed by atoms with Crippen LogP contribution in [0.15, 0.2) is 95.4 Å². The maximum Gasteiger partial charge on any atom is 0.248 e. The van der Waals surface area contributed by atoms with Gasteiger partial charge >= 0.3 is 0 Å². The van der Waals surface area contributed by atoms with Gasteiger partial charge in [-0.25, -0.2) is 0 Å². The van der Waals surface area contributed by atoms with Crippen molar-refractivity contribution in [1.82, 2.24) is 10.2 Å². The van der Waals surface area contributed by atoms with Crippen LogP contribution in [-0.4, -0.2) is 38.4 Å². The fourth-order valence-electron chi connectivity index (χ4n) is 4.43. The van der Waals surface area contributed by atoms with Crippen LogP contribution in [0.25, 0.3) is 23.6 Å². The summed E-state index contributed by atoms with van der Waals surface area (Å²) in [7, 11) is 8.13. The van der Waals surface area contributed by atoms with Gasteiger partial charge in [0.05, 0.1) is 11.1 Å². The van der Waals surface area contributed by atoms with E-state index in [1.54, 1.807) is 24.3 Å². The summed E-state index contributed by atoms with van der Waals surface area (Å²) in [4.78, 5) is 6.40. The first-order valence-corrected chi connectivity index (χ1v) is 13.3. The van der Waals surface area contributed by atoms with Crippen LogP contribution in [0.1, 0.15) is 22.6 Å². The average Bonchev–Trinajstić information content (AvgIpc) is 3.50. The fraction of sp³-hybridized carbons (Fsp3) is 0.118. The first kappa shape index (κ1) is 27.7. The Balaban J connectivity index is 1.39. The topological polar surface area (TPSA) is 96.2 Å². The number of hydrogen-bond acceptors (Lipinski definition) is 8. The minimum Gasteiger partial charge on any atom is -0.417 e. The second-order valence-corrected chi connectivity index (χ2v) is 10.0. The van der Waals surface area contributed by atoms with Crippen molar-refractivity contribution in [1.29, 1.82) is 10.5 Å². The van der Waals surface area contributed by atoms with E-state index in [1.807, 2.05) is 58.5 Å². The van der Waals surface area contributed by atoms with Crippen molar-refractivity contribution in [3.8, 4) is 23.6 Å². The molecule has 0 N–H and O–H groups in total. The largest absolute Gasteiger partial charge is 0.417 e. The minimum absolute atomic E-state index is 0.265. The molecular weight excluding hydrogens is 522 g/mol. The Hall–Kier alpha value is -5.86. The molecule has 0 aliphatic heterocycles. The van der Waals surface area contributed by atoms with Gasteiger partial charge in [-0.15, -0.1) is 10.2 Å². The standard InChI is InChI=1S/C34H29N7O/c1-39(2)28-12-16-31(17-13-28)41(32-18-14-29(15-19-32)40(3)4)30-10-5-24(6-11-30)7-20-33-37-38-34(42-33)25-8-9-26(22-35)27(21-25)23-36/h5-21H,1-4H3/b20-7-. The third-order valence-corrected chi connectivity index (χ3v) is 6.77. The molecule has 0 aliphatic carbocycles. The predicted octanol–water partition coefficient (Wildman–Crippen LogP) is 7.25. The molecular formula is C34H29N7O. The zero-order valence-electron chi connectivity index (χ0n) is 23.9. The van der Waals surface area contributed by atoms with Crippen LogP contribution in [0.4, 0.5) is 28.4 Å². The van der Waals surface area contributed by atoms with Crippen LogP contribution >= 0.6 is 0 Å². The fourth-order valence-corrected chi connectivity index (χ4v) is 4.43. The maximum absolute atomic E-state index is 9.30. The molecule has 0 fully saturated rings. The van der Waals surface area contributed by atoms with Crippen molar-refractivity contribution in [2.45, 2.75) is 0 Å². The summed E-state index contributed by atoms with van der Waals surface area (Å²) in [6, 6.07) is 34.1. The molecule has 0 atom stereocenters. The number of anilines is 5. The summed E-state index contributed by atoms with van der Waals surface area (Å²) in [6.07, 6.45) is 3.65. The van der Waals surface area contributed by atoms with Gasteiger partial charge in [-0.1, -0.05) is 12.1 Å². The number of nitriles is 2. The molecule has 4 aromatic carbocycles. The highest BCUT2D eigenvalue weighted by Crippen LogP contribution is 2.36. The summed E-state index contributed by atoms with van der Waals surface area (Å²) < 4.78 is 5.78. The molecule has 0 amide bonds. The van der Waals surface area contributed by atoms with Crippen molar-refractivity contribution in [3.05, 3.63) is 114 Å². The Labute approximate surface area is 245 Å². The van der Waals surface area contributed by atoms with Crippen LogP contribution in [0.3, 0.4) is 0 Å². The third kappa shape index (κ3) is 5.99. The van der Waals surface area contributed by atoms with Gasteiger partial charge in [0, 0.05) is 68.3 Å². The molecule has 8 heteroatoms. The van der Waals surface area contributed by atoms with E-state index in [-0.39, 0.29) is 11.5 Å². The van der Waals surface area contributed by atoms with Gasteiger partial charge in [0.1, 0.15) is 12.1 Å². The first-order valence-electron chi connectivity index (χ1n) is 13.3. The van der Waals surface area contributed by atoms with E-state index in [4.69, 9.17) is 9.68 Å². The third-order valence-electron chi connectivity index (χ3n) is 6.77. The monoisotopic (exact) mass is 551 g/mol. The quantitative estimate of drug-likeness (QED) is 0.199. The lowest BCUT2D eigenvalue weighted by Gasteiger charge is -2.27. The number of nitrogens with zero attached hydrogens (tertiary/aromatic N) is 7. The van der Waals surface area contributed by atoms with E-state index in [9.17, 15) is 5.26 Å². The van der Waals surface area contributed by atoms with Crippen LogP contribution in [0.2, 0.25) is 0 Å². The molecule has 0 saturated heterocycles. The van der Waals surface area contributed by atoms with Crippen molar-refractivity contribution in [3.63, 3.8) is 0 Å². The van der Waals surface area contributed by atoms with Crippen molar-refractivity contribution in [2.75, 3.05) is 42.9 Å². The van der Waals surface area contributed by atoms with Crippen LogP contribution < -0.4 is 14.7 Å². The molecule has 8 nitrogen and oxygen atoms in total. The molecule has 42 heavy (non-hydrogen) atoms. The van der Waals surface area contributed by atoms with Gasteiger partial charge in [-0.2, -0.15) is 10.5 Å². The lowest BCUT2D eigenvalue weighted by Crippen LogP contribution is -2.12. The molecule has 206 valence electrons. The van der Waals surface area contributed by atoms with Crippen molar-refractivity contribution < 1.29 is 4.42 Å². The SMILES string of the molecule is CN(C)c1ccc(N(c2ccc(/C=C\c3nnc(-c4ccc(C#N)c(C#N)c4)o3)cc2)c2ccc(N(C)C)cc2)cc1. The molecule has 0 radical (unpaired) electrons. The summed E-state index contributed by atoms with van der Waals surface area (Å²) in [5.41, 5.74) is 7.53. The van der Waals surface area contributed by atoms with Crippen LogP contribution in [-0.2, 0) is 0 Å². The molecule has 0 bridgehead atoms. The molecule has 1 heterocycles. The molecule has 5 aromatic rings. The second kappa shape index (κ2) is 12.1. The van der Waals surface area contributed by atoms with E-state index in [0.29, 0.717) is 17.0 Å². The lowest BCUT2D eigenvalue weighted by molar-refractivity contribution is 0.558. The van der Waals surface area contributed by atoms with E-state index in [0.717, 1.165) is 34.0 Å². The molecule has 0 unspecified atom stereocenters. The lowest BCUT2D eigenvalue weighted by atomic mass is 10.1. The Morgan fingerprint density at radius 3 is 1.60 bits per heavy atom. The van der Waals surface area contributed by atoms with E-state index in [1.165, 1.54) is 0 Å². The minimum atomic E-state index is 0.265. The zero-order valence-corrected chi connectivity index (χ0v) is 23.9. The van der Waals surface area contributed by atoms with E-state index in [2.05, 4.69) is 85.6 Å². The van der Waals surface area contributed by atoms with Gasteiger partial charge in [0.25, 0.3) is 0 Å². The van der Waals surface area contributed by atoms with E-state index >= 15 is 0 Å². The highest BCUT2D eigenvalue weighted by molar-refractivity contribution is 5.79. The predicted molar refractivity (Wildman–Crippen MR) is 168 cm³/mol. The van der Waals surface area contributed by atoms with E-state index < -0.39 is 0 Å². The summed E-state index contributed by atoms with van der Waals surface area (Å²) in [5.74, 6) is 0.614. The van der Waals surface area contributed by atoms with Crippen molar-refractivity contribution in [2.24, 2.45) is 0 Å². The summed E-state index contributed by atoms with van der Waals surface area (Å²) in [6.45, 7) is 0. The molecule has 5 rings (SSSR count). The Bertz CT molecular complexity index is 1740. The number of rotatable bonds is 8. The Kier molecular flexibility index (Phi) is 7.99. The number of hydrogen-bond donors (Lipinski definition) is 0. The zero-order chi connectivity index (χ0) is 29.6. The van der Waals surface area contributed by atoms with Gasteiger partial charge in [0.15, 0.2) is 0 Å². The smallest absolute Gasteiger partial charge is 0.248 e. The first-order chi connectivity index (χ1) is 20.4. The maximum atomic E-state index is 9.30. The number of aromatic nitrogens is 2. The van der Waals surface area contributed by atoms with Gasteiger partial charge < -0.3 is 19.1 Å². The highest BCUT2D eigenvalue weighted by Gasteiger charge is 2.14. The van der Waals surface area contributed by atoms with Crippen molar-refractivity contribution >= 4 is 40.6 Å². The normalized spacial score (nSPS) is 10.7. The molecule has 0 saturated carbocycles. The van der Waals surface area contributed by atoms with Gasteiger partial charge in [-0.3, -0.25) is 0 Å².